The van der Waals surface area contributed by atoms with Crippen LogP contribution in [-0.2, 0) is 6.54 Å². The van der Waals surface area contributed by atoms with Gasteiger partial charge >= 0.3 is 0 Å². The minimum absolute atomic E-state index is 0.0341. The van der Waals surface area contributed by atoms with Gasteiger partial charge in [0, 0.05) is 23.5 Å². The van der Waals surface area contributed by atoms with Gasteiger partial charge in [0.25, 0.3) is 5.69 Å². The molecule has 1 heterocycles. The molecule has 6 nitrogen and oxygen atoms in total. The van der Waals surface area contributed by atoms with Crippen LogP contribution in [0.1, 0.15) is 11.5 Å². The van der Waals surface area contributed by atoms with Crippen LogP contribution in [-0.4, -0.2) is 4.92 Å². The molecule has 0 aliphatic rings. The topological polar surface area (TPSA) is 94.3 Å². The second-order valence-corrected chi connectivity index (χ2v) is 3.94. The SMILES string of the molecule is Cc1ccc(CNc2cc(N)cc([N+](=O)[O-])c2)o1. The van der Waals surface area contributed by atoms with Crippen molar-refractivity contribution in [3.8, 4) is 0 Å². The standard InChI is InChI=1S/C12H13N3O3/c1-8-2-3-12(18-8)7-14-10-4-9(13)5-11(6-10)15(16)17/h2-6,14H,7,13H2,1H3. The number of nitro benzene ring substituents is 1. The van der Waals surface area contributed by atoms with Gasteiger partial charge < -0.3 is 15.5 Å². The second-order valence-electron chi connectivity index (χ2n) is 3.94. The summed E-state index contributed by atoms with van der Waals surface area (Å²) in [5.74, 6) is 1.59. The smallest absolute Gasteiger partial charge is 0.273 e. The Bertz CT molecular complexity index is 578. The molecule has 0 fully saturated rings. The van der Waals surface area contributed by atoms with Crippen LogP contribution in [0, 0.1) is 17.0 Å². The molecule has 0 saturated carbocycles. The van der Waals surface area contributed by atoms with E-state index in [4.69, 9.17) is 10.2 Å². The summed E-state index contributed by atoms with van der Waals surface area (Å²) in [7, 11) is 0. The quantitative estimate of drug-likeness (QED) is 0.492. The fraction of sp³-hybridized carbons (Fsp3) is 0.167. The number of non-ortho nitro benzene ring substituents is 1. The Kier molecular flexibility index (Phi) is 3.18. The fourth-order valence-corrected chi connectivity index (χ4v) is 1.61. The van der Waals surface area contributed by atoms with Crippen molar-refractivity contribution in [3.63, 3.8) is 0 Å². The van der Waals surface area contributed by atoms with Crippen molar-refractivity contribution in [1.82, 2.24) is 0 Å². The van der Waals surface area contributed by atoms with Crippen LogP contribution in [0.25, 0.3) is 0 Å². The lowest BCUT2D eigenvalue weighted by Crippen LogP contribution is -2.00. The summed E-state index contributed by atoms with van der Waals surface area (Å²) in [5, 5.41) is 13.7. The third kappa shape index (κ3) is 2.79. The first-order valence-electron chi connectivity index (χ1n) is 5.39. The normalized spacial score (nSPS) is 10.3. The molecule has 94 valence electrons. The number of nitrogen functional groups attached to an aromatic ring is 1. The summed E-state index contributed by atoms with van der Waals surface area (Å²) in [4.78, 5) is 10.2. The van der Waals surface area contributed by atoms with Gasteiger partial charge in [-0.25, -0.2) is 0 Å². The molecule has 0 amide bonds. The summed E-state index contributed by atoms with van der Waals surface area (Å²) in [6.45, 7) is 2.31. The molecule has 1 aromatic carbocycles. The van der Waals surface area contributed by atoms with E-state index in [-0.39, 0.29) is 5.69 Å². The highest BCUT2D eigenvalue weighted by atomic mass is 16.6. The average Bonchev–Trinajstić information content (AvgIpc) is 2.72. The number of furan rings is 1. The second kappa shape index (κ2) is 4.79. The van der Waals surface area contributed by atoms with Crippen LogP contribution in [0.4, 0.5) is 17.1 Å². The van der Waals surface area contributed by atoms with E-state index in [1.54, 1.807) is 6.07 Å². The van der Waals surface area contributed by atoms with E-state index < -0.39 is 4.92 Å². The molecule has 0 aliphatic heterocycles. The number of nitrogens with zero attached hydrogens (tertiary/aromatic N) is 1. The monoisotopic (exact) mass is 247 g/mol. The van der Waals surface area contributed by atoms with E-state index in [2.05, 4.69) is 5.32 Å². The lowest BCUT2D eigenvalue weighted by molar-refractivity contribution is -0.384. The van der Waals surface area contributed by atoms with Crippen LogP contribution < -0.4 is 11.1 Å². The van der Waals surface area contributed by atoms with Gasteiger partial charge in [0.15, 0.2) is 0 Å². The molecular weight excluding hydrogens is 234 g/mol. The molecule has 2 aromatic rings. The first kappa shape index (κ1) is 12.0. The first-order valence-corrected chi connectivity index (χ1v) is 5.39. The number of nitrogens with one attached hydrogen (secondary N) is 1. The molecule has 2 rings (SSSR count). The number of rotatable bonds is 4. The number of anilines is 2. The summed E-state index contributed by atoms with van der Waals surface area (Å²) in [6, 6.07) is 8.11. The third-order valence-corrected chi connectivity index (χ3v) is 2.41. The van der Waals surface area contributed by atoms with Crippen molar-refractivity contribution < 1.29 is 9.34 Å². The van der Waals surface area contributed by atoms with Crippen molar-refractivity contribution in [1.29, 1.82) is 0 Å². The summed E-state index contributed by atoms with van der Waals surface area (Å²) < 4.78 is 5.39. The minimum atomic E-state index is -0.474. The van der Waals surface area contributed by atoms with Gasteiger partial charge in [-0.1, -0.05) is 0 Å². The third-order valence-electron chi connectivity index (χ3n) is 2.41. The molecule has 3 N–H and O–H groups in total. The Balaban J connectivity index is 2.11. The number of nitrogens with two attached hydrogens (primary N) is 1. The highest BCUT2D eigenvalue weighted by molar-refractivity contribution is 5.61. The molecule has 0 unspecified atom stereocenters. The molecule has 0 radical (unpaired) electrons. The highest BCUT2D eigenvalue weighted by Crippen LogP contribution is 2.22. The van der Waals surface area contributed by atoms with Crippen molar-refractivity contribution in [3.05, 3.63) is 52.0 Å². The minimum Gasteiger partial charge on any atom is -0.465 e. The zero-order chi connectivity index (χ0) is 13.1. The van der Waals surface area contributed by atoms with Crippen LogP contribution in [0.5, 0.6) is 0 Å². The lowest BCUT2D eigenvalue weighted by Gasteiger charge is -2.05. The van der Waals surface area contributed by atoms with E-state index >= 15 is 0 Å². The van der Waals surface area contributed by atoms with Crippen LogP contribution in [0.15, 0.2) is 34.7 Å². The van der Waals surface area contributed by atoms with Gasteiger partial charge in [0.05, 0.1) is 11.5 Å². The molecule has 0 spiro atoms. The molecule has 1 aromatic heterocycles. The maximum absolute atomic E-state index is 10.7. The van der Waals surface area contributed by atoms with E-state index in [1.165, 1.54) is 12.1 Å². The largest absolute Gasteiger partial charge is 0.465 e. The maximum Gasteiger partial charge on any atom is 0.273 e. The number of aryl methyl sites for hydroxylation is 1. The van der Waals surface area contributed by atoms with Gasteiger partial charge in [-0.2, -0.15) is 0 Å². The van der Waals surface area contributed by atoms with Crippen molar-refractivity contribution >= 4 is 17.1 Å². The highest BCUT2D eigenvalue weighted by Gasteiger charge is 2.08. The molecule has 0 bridgehead atoms. The number of hydrogen-bond donors (Lipinski definition) is 2. The predicted octanol–water partition coefficient (Wildman–Crippen LogP) is 2.69. The Morgan fingerprint density at radius 1 is 1.39 bits per heavy atom. The molecule has 18 heavy (non-hydrogen) atoms. The molecule has 0 saturated heterocycles. The number of benzene rings is 1. The van der Waals surface area contributed by atoms with Gasteiger partial charge in [-0.3, -0.25) is 10.1 Å². The van der Waals surface area contributed by atoms with Crippen LogP contribution >= 0.6 is 0 Å². The van der Waals surface area contributed by atoms with E-state index in [0.29, 0.717) is 17.9 Å². The molecule has 0 atom stereocenters. The van der Waals surface area contributed by atoms with Gasteiger partial charge in [0.2, 0.25) is 0 Å². The van der Waals surface area contributed by atoms with Gasteiger partial charge in [-0.05, 0) is 25.1 Å². The zero-order valence-electron chi connectivity index (χ0n) is 9.84. The lowest BCUT2D eigenvalue weighted by atomic mass is 10.2. The molecular formula is C12H13N3O3. The first-order chi connectivity index (χ1) is 8.54. The van der Waals surface area contributed by atoms with E-state index in [0.717, 1.165) is 11.5 Å². The number of hydrogen-bond acceptors (Lipinski definition) is 5. The maximum atomic E-state index is 10.7. The van der Waals surface area contributed by atoms with Gasteiger partial charge in [-0.15, -0.1) is 0 Å². The van der Waals surface area contributed by atoms with Gasteiger partial charge in [0.1, 0.15) is 11.5 Å². The summed E-state index contributed by atoms with van der Waals surface area (Å²) in [5.41, 5.74) is 6.51. The molecule has 0 aliphatic carbocycles. The van der Waals surface area contributed by atoms with Crippen LogP contribution in [0.3, 0.4) is 0 Å². The summed E-state index contributed by atoms with van der Waals surface area (Å²) >= 11 is 0. The number of nitro groups is 1. The van der Waals surface area contributed by atoms with Crippen molar-refractivity contribution in [2.45, 2.75) is 13.5 Å². The molecule has 6 heteroatoms. The Morgan fingerprint density at radius 2 is 2.17 bits per heavy atom. The Hall–Kier alpha value is -2.50. The van der Waals surface area contributed by atoms with Crippen molar-refractivity contribution in [2.24, 2.45) is 0 Å². The average molecular weight is 247 g/mol. The Labute approximate surface area is 104 Å². The fourth-order valence-electron chi connectivity index (χ4n) is 1.61. The van der Waals surface area contributed by atoms with Crippen molar-refractivity contribution in [2.75, 3.05) is 11.1 Å². The van der Waals surface area contributed by atoms with Crippen LogP contribution in [0.2, 0.25) is 0 Å². The zero-order valence-corrected chi connectivity index (χ0v) is 9.84. The van der Waals surface area contributed by atoms with E-state index in [1.807, 2.05) is 19.1 Å². The predicted molar refractivity (Wildman–Crippen MR) is 68.3 cm³/mol. The summed E-state index contributed by atoms with van der Waals surface area (Å²) in [6.07, 6.45) is 0. The Morgan fingerprint density at radius 3 is 2.78 bits per heavy atom. The van der Waals surface area contributed by atoms with E-state index in [9.17, 15) is 10.1 Å².